The molecule has 2 aromatic heterocycles. The highest BCUT2D eigenvalue weighted by Crippen LogP contribution is 2.30. The van der Waals surface area contributed by atoms with Gasteiger partial charge in [-0.15, -0.1) is 11.3 Å². The van der Waals surface area contributed by atoms with Gasteiger partial charge in [0.05, 0.1) is 11.0 Å². The van der Waals surface area contributed by atoms with Gasteiger partial charge in [0.2, 0.25) is 0 Å². The molecule has 0 saturated heterocycles. The number of carbonyl (C=O) groups is 1. The van der Waals surface area contributed by atoms with Crippen molar-refractivity contribution in [3.05, 3.63) is 53.7 Å². The Morgan fingerprint density at radius 2 is 1.90 bits per heavy atom. The highest BCUT2D eigenvalue weighted by atomic mass is 32.1. The third kappa shape index (κ3) is 2.57. The van der Waals surface area contributed by atoms with Gasteiger partial charge in [0.1, 0.15) is 0 Å². The zero-order chi connectivity index (χ0) is 13.9. The zero-order valence-corrected chi connectivity index (χ0v) is 11.2. The maximum Gasteiger partial charge on any atom is 0.328 e. The molecule has 2 heterocycles. The number of aromatic nitrogens is 2. The number of benzene rings is 1. The van der Waals surface area contributed by atoms with Crippen LogP contribution in [0.25, 0.3) is 27.6 Å². The van der Waals surface area contributed by atoms with Gasteiger partial charge in [-0.3, -0.25) is 9.97 Å². The molecule has 0 unspecified atom stereocenters. The van der Waals surface area contributed by atoms with Gasteiger partial charge in [-0.05, 0) is 35.9 Å². The fourth-order valence-corrected chi connectivity index (χ4v) is 2.77. The van der Waals surface area contributed by atoms with Crippen LogP contribution in [0, 0.1) is 0 Å². The average molecular weight is 282 g/mol. The van der Waals surface area contributed by atoms with Crippen LogP contribution in [0.15, 0.2) is 48.8 Å². The molecule has 0 fully saturated rings. The Hall–Kier alpha value is -2.53. The van der Waals surface area contributed by atoms with Crippen LogP contribution in [0.4, 0.5) is 0 Å². The molecule has 1 N–H and O–H groups in total. The summed E-state index contributed by atoms with van der Waals surface area (Å²) in [7, 11) is 0. The van der Waals surface area contributed by atoms with E-state index in [9.17, 15) is 4.79 Å². The Bertz CT molecular complexity index is 808. The number of thiophene rings is 1. The van der Waals surface area contributed by atoms with Crippen molar-refractivity contribution in [2.24, 2.45) is 0 Å². The number of hydrogen-bond acceptors (Lipinski definition) is 4. The van der Waals surface area contributed by atoms with Crippen LogP contribution in [-0.2, 0) is 4.79 Å². The van der Waals surface area contributed by atoms with Crippen molar-refractivity contribution in [3.63, 3.8) is 0 Å². The fourth-order valence-electron chi connectivity index (χ4n) is 1.87. The number of hydrogen-bond donors (Lipinski definition) is 1. The summed E-state index contributed by atoms with van der Waals surface area (Å²) in [5.74, 6) is -0.944. The van der Waals surface area contributed by atoms with E-state index < -0.39 is 5.97 Å². The lowest BCUT2D eigenvalue weighted by atomic mass is 10.1. The minimum Gasteiger partial charge on any atom is -0.478 e. The molecule has 0 aliphatic heterocycles. The van der Waals surface area contributed by atoms with E-state index in [1.54, 1.807) is 18.5 Å². The van der Waals surface area contributed by atoms with E-state index in [2.05, 4.69) is 9.97 Å². The molecule has 0 radical (unpaired) electrons. The van der Waals surface area contributed by atoms with Crippen LogP contribution in [0.2, 0.25) is 0 Å². The van der Waals surface area contributed by atoms with Crippen molar-refractivity contribution in [3.8, 4) is 10.4 Å². The first kappa shape index (κ1) is 12.5. The van der Waals surface area contributed by atoms with E-state index in [0.717, 1.165) is 32.4 Å². The van der Waals surface area contributed by atoms with Crippen molar-refractivity contribution in [1.29, 1.82) is 0 Å². The van der Waals surface area contributed by atoms with Crippen LogP contribution in [0.1, 0.15) is 4.88 Å². The fraction of sp³-hybridized carbons (Fsp3) is 0. The maximum absolute atomic E-state index is 10.5. The van der Waals surface area contributed by atoms with Crippen LogP contribution in [0.3, 0.4) is 0 Å². The van der Waals surface area contributed by atoms with E-state index in [1.165, 1.54) is 11.3 Å². The summed E-state index contributed by atoms with van der Waals surface area (Å²) in [5.41, 5.74) is 2.76. The van der Waals surface area contributed by atoms with Crippen LogP contribution in [-0.4, -0.2) is 21.0 Å². The Labute approximate surface area is 119 Å². The average Bonchev–Trinajstić information content (AvgIpc) is 2.93. The van der Waals surface area contributed by atoms with E-state index in [4.69, 9.17) is 5.11 Å². The molecule has 0 aliphatic rings. The molecule has 20 heavy (non-hydrogen) atoms. The summed E-state index contributed by atoms with van der Waals surface area (Å²) >= 11 is 1.54. The van der Waals surface area contributed by atoms with Crippen molar-refractivity contribution in [1.82, 2.24) is 9.97 Å². The molecule has 0 aliphatic carbocycles. The summed E-state index contributed by atoms with van der Waals surface area (Å²) in [4.78, 5) is 21.0. The first-order valence-corrected chi connectivity index (χ1v) is 6.76. The largest absolute Gasteiger partial charge is 0.478 e. The monoisotopic (exact) mass is 282 g/mol. The first-order chi connectivity index (χ1) is 9.72. The maximum atomic E-state index is 10.5. The van der Waals surface area contributed by atoms with Crippen molar-refractivity contribution >= 4 is 34.4 Å². The quantitative estimate of drug-likeness (QED) is 0.747. The second kappa shape index (κ2) is 5.22. The lowest BCUT2D eigenvalue weighted by molar-refractivity contribution is -0.131. The van der Waals surface area contributed by atoms with E-state index in [-0.39, 0.29) is 0 Å². The van der Waals surface area contributed by atoms with Gasteiger partial charge >= 0.3 is 5.97 Å². The minimum absolute atomic E-state index is 0.848. The van der Waals surface area contributed by atoms with Crippen molar-refractivity contribution in [2.45, 2.75) is 0 Å². The molecular weight excluding hydrogens is 272 g/mol. The number of nitrogens with zero attached hydrogens (tertiary/aromatic N) is 2. The van der Waals surface area contributed by atoms with E-state index >= 15 is 0 Å². The van der Waals surface area contributed by atoms with Gasteiger partial charge in [0.15, 0.2) is 0 Å². The van der Waals surface area contributed by atoms with E-state index in [0.29, 0.717) is 0 Å². The van der Waals surface area contributed by atoms with Crippen molar-refractivity contribution in [2.75, 3.05) is 0 Å². The van der Waals surface area contributed by atoms with E-state index in [1.807, 2.05) is 30.3 Å². The lowest BCUT2D eigenvalue weighted by Crippen LogP contribution is -1.84. The molecule has 0 bridgehead atoms. The van der Waals surface area contributed by atoms with Gasteiger partial charge in [0, 0.05) is 28.2 Å². The Kier molecular flexibility index (Phi) is 3.26. The van der Waals surface area contributed by atoms with Gasteiger partial charge in [-0.2, -0.15) is 0 Å². The number of aliphatic carboxylic acids is 1. The Morgan fingerprint density at radius 1 is 1.10 bits per heavy atom. The molecule has 3 aromatic rings. The summed E-state index contributed by atoms with van der Waals surface area (Å²) in [6.45, 7) is 0. The Morgan fingerprint density at radius 3 is 2.70 bits per heavy atom. The molecule has 3 rings (SSSR count). The Balaban J connectivity index is 1.96. The topological polar surface area (TPSA) is 63.1 Å². The molecule has 98 valence electrons. The number of fused-ring (bicyclic) bond motifs is 1. The zero-order valence-electron chi connectivity index (χ0n) is 10.4. The van der Waals surface area contributed by atoms with Crippen LogP contribution in [0.5, 0.6) is 0 Å². The first-order valence-electron chi connectivity index (χ1n) is 5.94. The number of carboxylic acid groups (broad SMARTS) is 1. The smallest absolute Gasteiger partial charge is 0.328 e. The van der Waals surface area contributed by atoms with Gasteiger partial charge in [-0.25, -0.2) is 4.79 Å². The predicted molar refractivity (Wildman–Crippen MR) is 79.5 cm³/mol. The summed E-state index contributed by atoms with van der Waals surface area (Å²) < 4.78 is 0. The molecule has 0 spiro atoms. The van der Waals surface area contributed by atoms with Gasteiger partial charge < -0.3 is 5.11 Å². The number of carboxylic acids is 1. The molecule has 0 amide bonds. The summed E-state index contributed by atoms with van der Waals surface area (Å²) in [6, 6.07) is 9.79. The normalized spacial score (nSPS) is 11.2. The minimum atomic E-state index is -0.944. The van der Waals surface area contributed by atoms with Crippen molar-refractivity contribution < 1.29 is 9.90 Å². The third-order valence-corrected chi connectivity index (χ3v) is 3.87. The number of rotatable bonds is 3. The highest BCUT2D eigenvalue weighted by molar-refractivity contribution is 7.16. The molecule has 5 heteroatoms. The SMILES string of the molecule is O=C(O)/C=C/c1ccc(-c2ccc3nccnc3c2)s1. The second-order valence-electron chi connectivity index (χ2n) is 4.13. The standard InChI is InChI=1S/C15H10N2O2S/c18-15(19)6-3-11-2-5-14(20-11)10-1-4-12-13(9-10)17-8-7-16-12/h1-9H,(H,18,19)/b6-3+. The summed E-state index contributed by atoms with van der Waals surface area (Å²) in [6.07, 6.45) is 6.07. The molecule has 0 atom stereocenters. The molecular formula is C15H10N2O2S. The third-order valence-electron chi connectivity index (χ3n) is 2.77. The lowest BCUT2D eigenvalue weighted by Gasteiger charge is -1.99. The molecule has 1 aromatic carbocycles. The summed E-state index contributed by atoms with van der Waals surface area (Å²) in [5, 5.41) is 8.62. The predicted octanol–water partition coefficient (Wildman–Crippen LogP) is 3.46. The molecule has 0 saturated carbocycles. The van der Waals surface area contributed by atoms with Gasteiger partial charge in [-0.1, -0.05) is 6.07 Å². The molecule has 4 nitrogen and oxygen atoms in total. The van der Waals surface area contributed by atoms with Crippen LogP contribution >= 0.6 is 11.3 Å². The van der Waals surface area contributed by atoms with Gasteiger partial charge in [0.25, 0.3) is 0 Å². The second-order valence-corrected chi connectivity index (χ2v) is 5.25. The highest BCUT2D eigenvalue weighted by Gasteiger charge is 2.04. The van der Waals surface area contributed by atoms with Crippen LogP contribution < -0.4 is 0 Å².